The Labute approximate surface area is 161 Å². The molecule has 1 aromatic heterocycles. The highest BCUT2D eigenvalue weighted by Gasteiger charge is 2.29. The predicted octanol–water partition coefficient (Wildman–Crippen LogP) is 3.10. The second-order valence-corrected chi connectivity index (χ2v) is 6.07. The summed E-state index contributed by atoms with van der Waals surface area (Å²) in [6.45, 7) is 2.55. The Balaban J connectivity index is 1.73. The molecule has 0 aliphatic heterocycles. The summed E-state index contributed by atoms with van der Waals surface area (Å²) >= 11 is 0. The molecule has 6 nitrogen and oxygen atoms in total. The van der Waals surface area contributed by atoms with Crippen molar-refractivity contribution in [3.63, 3.8) is 0 Å². The van der Waals surface area contributed by atoms with Gasteiger partial charge in [-0.25, -0.2) is 4.98 Å². The Morgan fingerprint density at radius 2 is 1.82 bits per heavy atom. The monoisotopic (exact) mass is 393 g/mol. The number of aromatic nitrogens is 1. The van der Waals surface area contributed by atoms with Gasteiger partial charge >= 0.3 is 6.18 Å². The number of alkyl halides is 3. The van der Waals surface area contributed by atoms with Crippen molar-refractivity contribution in [2.75, 3.05) is 18.9 Å². The van der Waals surface area contributed by atoms with E-state index in [-0.39, 0.29) is 12.3 Å². The first kappa shape index (κ1) is 21.2. The lowest BCUT2D eigenvalue weighted by Crippen LogP contribution is -2.38. The summed E-state index contributed by atoms with van der Waals surface area (Å²) in [5.41, 5.74) is 0.995. The van der Waals surface area contributed by atoms with Gasteiger partial charge in [0.1, 0.15) is 5.82 Å². The number of aliphatic imine (C=N–C) groups is 1. The number of rotatable bonds is 6. The van der Waals surface area contributed by atoms with Crippen molar-refractivity contribution >= 4 is 17.7 Å². The fourth-order valence-electron chi connectivity index (χ4n) is 2.26. The molecule has 0 aliphatic rings. The molecule has 0 unspecified atom stereocenters. The van der Waals surface area contributed by atoms with E-state index in [1.165, 1.54) is 12.1 Å². The minimum atomic E-state index is -4.35. The molecule has 3 N–H and O–H groups in total. The molecule has 0 aliphatic carbocycles. The van der Waals surface area contributed by atoms with Crippen LogP contribution in [0.2, 0.25) is 0 Å². The zero-order valence-corrected chi connectivity index (χ0v) is 15.6. The summed E-state index contributed by atoms with van der Waals surface area (Å²) in [7, 11) is 1.57. The standard InChI is InChI=1S/C19H22F3N5O/c1-13-3-8-16(25-11-13)27-17(28)9-10-24-18(23-2)26-12-14-4-6-15(7-5-14)19(20,21)22/h3-8,11H,9-10,12H2,1-2H3,(H2,23,24,26)(H,25,27,28). The SMILES string of the molecule is CN=C(NCCC(=O)Nc1ccc(C)cn1)NCc1ccc(C(F)(F)F)cc1. The largest absolute Gasteiger partial charge is 0.416 e. The Hall–Kier alpha value is -3.10. The molecule has 0 bridgehead atoms. The smallest absolute Gasteiger partial charge is 0.356 e. The number of hydrogen-bond donors (Lipinski definition) is 3. The van der Waals surface area contributed by atoms with Crippen LogP contribution in [0.15, 0.2) is 47.6 Å². The normalized spacial score (nSPS) is 11.8. The summed E-state index contributed by atoms with van der Waals surface area (Å²) in [5, 5.41) is 8.66. The van der Waals surface area contributed by atoms with Crippen LogP contribution in [0.3, 0.4) is 0 Å². The first-order valence-electron chi connectivity index (χ1n) is 8.61. The van der Waals surface area contributed by atoms with Crippen molar-refractivity contribution < 1.29 is 18.0 Å². The lowest BCUT2D eigenvalue weighted by atomic mass is 10.1. The van der Waals surface area contributed by atoms with E-state index in [1.54, 1.807) is 19.3 Å². The predicted molar refractivity (Wildman–Crippen MR) is 102 cm³/mol. The lowest BCUT2D eigenvalue weighted by molar-refractivity contribution is -0.137. The maximum absolute atomic E-state index is 12.6. The molecule has 0 spiro atoms. The Bertz CT molecular complexity index is 802. The van der Waals surface area contributed by atoms with Crippen LogP contribution in [0.1, 0.15) is 23.1 Å². The van der Waals surface area contributed by atoms with Gasteiger partial charge in [0.25, 0.3) is 0 Å². The lowest BCUT2D eigenvalue weighted by Gasteiger charge is -2.12. The van der Waals surface area contributed by atoms with Crippen molar-refractivity contribution in [1.29, 1.82) is 0 Å². The summed E-state index contributed by atoms with van der Waals surface area (Å²) < 4.78 is 37.7. The molecule has 2 rings (SSSR count). The number of benzene rings is 1. The molecule has 2 aromatic rings. The molecule has 9 heteroatoms. The highest BCUT2D eigenvalue weighted by molar-refractivity contribution is 5.90. The molecule has 150 valence electrons. The Kier molecular flexibility index (Phi) is 7.36. The molecule has 0 saturated carbocycles. The number of guanidine groups is 1. The molecule has 0 saturated heterocycles. The first-order chi connectivity index (χ1) is 13.3. The van der Waals surface area contributed by atoms with E-state index in [0.717, 1.165) is 17.7 Å². The van der Waals surface area contributed by atoms with E-state index >= 15 is 0 Å². The summed E-state index contributed by atoms with van der Waals surface area (Å²) in [5.74, 6) is 0.739. The quantitative estimate of drug-likeness (QED) is 0.521. The van der Waals surface area contributed by atoms with Crippen LogP contribution in [0, 0.1) is 6.92 Å². The minimum Gasteiger partial charge on any atom is -0.356 e. The second kappa shape index (κ2) is 9.72. The average Bonchev–Trinajstić information content (AvgIpc) is 2.66. The van der Waals surface area contributed by atoms with Crippen LogP contribution >= 0.6 is 0 Å². The molecule has 1 amide bonds. The van der Waals surface area contributed by atoms with Gasteiger partial charge in [-0.2, -0.15) is 13.2 Å². The molecular formula is C19H22F3N5O. The first-order valence-corrected chi connectivity index (χ1v) is 8.61. The number of anilines is 1. The van der Waals surface area contributed by atoms with Crippen molar-refractivity contribution in [3.05, 3.63) is 59.3 Å². The Morgan fingerprint density at radius 1 is 1.11 bits per heavy atom. The van der Waals surface area contributed by atoms with E-state index in [2.05, 4.69) is 25.9 Å². The number of carbonyl (C=O) groups excluding carboxylic acids is 1. The molecule has 0 fully saturated rings. The van der Waals surface area contributed by atoms with Crippen LogP contribution in [-0.4, -0.2) is 30.4 Å². The minimum absolute atomic E-state index is 0.193. The average molecular weight is 393 g/mol. The number of pyridine rings is 1. The van der Waals surface area contributed by atoms with E-state index in [9.17, 15) is 18.0 Å². The van der Waals surface area contributed by atoms with Gasteiger partial charge in [0.2, 0.25) is 5.91 Å². The molecule has 0 atom stereocenters. The van der Waals surface area contributed by atoms with Crippen molar-refractivity contribution in [1.82, 2.24) is 15.6 Å². The maximum atomic E-state index is 12.6. The maximum Gasteiger partial charge on any atom is 0.416 e. The number of nitrogens with one attached hydrogen (secondary N) is 3. The molecular weight excluding hydrogens is 371 g/mol. The number of carbonyl (C=O) groups is 1. The van der Waals surface area contributed by atoms with E-state index in [1.807, 2.05) is 13.0 Å². The van der Waals surface area contributed by atoms with Gasteiger partial charge in [-0.1, -0.05) is 18.2 Å². The van der Waals surface area contributed by atoms with Crippen molar-refractivity contribution in [2.45, 2.75) is 26.1 Å². The number of amides is 1. The third-order valence-electron chi connectivity index (χ3n) is 3.79. The highest BCUT2D eigenvalue weighted by Crippen LogP contribution is 2.29. The summed E-state index contributed by atoms with van der Waals surface area (Å²) in [6.07, 6.45) is -2.48. The van der Waals surface area contributed by atoms with Crippen LogP contribution in [-0.2, 0) is 17.5 Å². The van der Waals surface area contributed by atoms with Crippen LogP contribution in [0.5, 0.6) is 0 Å². The summed E-state index contributed by atoms with van der Waals surface area (Å²) in [4.78, 5) is 20.0. The van der Waals surface area contributed by atoms with Crippen LogP contribution < -0.4 is 16.0 Å². The van der Waals surface area contributed by atoms with Gasteiger partial charge in [0, 0.05) is 32.8 Å². The molecule has 1 aromatic carbocycles. The van der Waals surface area contributed by atoms with Gasteiger partial charge < -0.3 is 16.0 Å². The highest BCUT2D eigenvalue weighted by atomic mass is 19.4. The topological polar surface area (TPSA) is 78.4 Å². The number of aryl methyl sites for hydroxylation is 1. The van der Waals surface area contributed by atoms with E-state index < -0.39 is 11.7 Å². The van der Waals surface area contributed by atoms with Gasteiger partial charge in [-0.15, -0.1) is 0 Å². The van der Waals surface area contributed by atoms with Gasteiger partial charge in [-0.05, 0) is 36.2 Å². The van der Waals surface area contributed by atoms with Crippen LogP contribution in [0.4, 0.5) is 19.0 Å². The van der Waals surface area contributed by atoms with Crippen molar-refractivity contribution in [2.24, 2.45) is 4.99 Å². The zero-order chi connectivity index (χ0) is 20.6. The van der Waals surface area contributed by atoms with E-state index in [0.29, 0.717) is 30.4 Å². The fourth-order valence-corrected chi connectivity index (χ4v) is 2.26. The molecule has 1 heterocycles. The fraction of sp³-hybridized carbons (Fsp3) is 0.316. The van der Waals surface area contributed by atoms with Crippen LogP contribution in [0.25, 0.3) is 0 Å². The summed E-state index contributed by atoms with van der Waals surface area (Å²) in [6, 6.07) is 8.47. The molecule has 0 radical (unpaired) electrons. The molecule has 28 heavy (non-hydrogen) atoms. The third kappa shape index (κ3) is 6.90. The van der Waals surface area contributed by atoms with Gasteiger partial charge in [-0.3, -0.25) is 9.79 Å². The number of hydrogen-bond acceptors (Lipinski definition) is 3. The Morgan fingerprint density at radius 3 is 2.39 bits per heavy atom. The zero-order valence-electron chi connectivity index (χ0n) is 15.6. The van der Waals surface area contributed by atoms with Crippen molar-refractivity contribution in [3.8, 4) is 0 Å². The van der Waals surface area contributed by atoms with Gasteiger partial charge in [0.05, 0.1) is 5.56 Å². The van der Waals surface area contributed by atoms with E-state index in [4.69, 9.17) is 0 Å². The third-order valence-corrected chi connectivity index (χ3v) is 3.79. The van der Waals surface area contributed by atoms with Gasteiger partial charge in [0.15, 0.2) is 5.96 Å². The number of nitrogens with zero attached hydrogens (tertiary/aromatic N) is 2. The second-order valence-electron chi connectivity index (χ2n) is 6.07. The number of halogens is 3.